The van der Waals surface area contributed by atoms with Gasteiger partial charge in [0.05, 0.1) is 19.2 Å². The topological polar surface area (TPSA) is 61.6 Å². The van der Waals surface area contributed by atoms with Gasteiger partial charge in [0.25, 0.3) is 0 Å². The van der Waals surface area contributed by atoms with Crippen molar-refractivity contribution in [3.8, 4) is 0 Å². The molecule has 0 aliphatic heterocycles. The number of rotatable bonds is 8. The molecular weight excluding hydrogens is 258 g/mol. The summed E-state index contributed by atoms with van der Waals surface area (Å²) in [7, 11) is 1.66. The number of nitrogens with zero attached hydrogens (tertiary/aromatic N) is 1. The van der Waals surface area contributed by atoms with Crippen molar-refractivity contribution in [3.63, 3.8) is 0 Å². The Morgan fingerprint density at radius 3 is 2.60 bits per heavy atom. The van der Waals surface area contributed by atoms with Crippen molar-refractivity contribution < 1.29 is 18.7 Å². The van der Waals surface area contributed by atoms with Gasteiger partial charge in [-0.1, -0.05) is 20.8 Å². The summed E-state index contributed by atoms with van der Waals surface area (Å²) >= 11 is 0. The lowest BCUT2D eigenvalue weighted by molar-refractivity contribution is -0.143. The summed E-state index contributed by atoms with van der Waals surface area (Å²) in [5.74, 6) is 1.21. The summed E-state index contributed by atoms with van der Waals surface area (Å²) in [5.41, 5.74) is -0.0624. The quantitative estimate of drug-likeness (QED) is 0.542. The Hall–Kier alpha value is -1.36. The largest absolute Gasteiger partial charge is 0.466 e. The van der Waals surface area contributed by atoms with Gasteiger partial charge in [0, 0.05) is 25.6 Å². The van der Waals surface area contributed by atoms with Crippen molar-refractivity contribution in [2.24, 2.45) is 0 Å². The molecule has 1 aromatic rings. The number of methoxy groups -OCH3 is 1. The normalized spacial score (nSPS) is 11.6. The molecule has 0 amide bonds. The minimum atomic E-state index is -0.210. The number of aromatic nitrogens is 1. The van der Waals surface area contributed by atoms with Gasteiger partial charge in [-0.3, -0.25) is 4.79 Å². The number of aryl methyl sites for hydroxylation is 1. The number of esters is 1. The predicted octanol–water partition coefficient (Wildman–Crippen LogP) is 2.87. The first-order valence-electron chi connectivity index (χ1n) is 7.03. The van der Waals surface area contributed by atoms with E-state index >= 15 is 0 Å². The standard InChI is InChI=1S/C15H25NO4/c1-15(2,3)12-11-16-13(20-12)7-8-14(17)19-10-6-5-9-18-4/h11H,5-10H2,1-4H3. The second kappa shape index (κ2) is 8.04. The molecule has 20 heavy (non-hydrogen) atoms. The van der Waals surface area contributed by atoms with Crippen molar-refractivity contribution >= 4 is 5.97 Å². The highest BCUT2D eigenvalue weighted by Crippen LogP contribution is 2.22. The minimum absolute atomic E-state index is 0.0624. The second-order valence-corrected chi connectivity index (χ2v) is 5.79. The van der Waals surface area contributed by atoms with Gasteiger partial charge in [-0.25, -0.2) is 4.98 Å². The minimum Gasteiger partial charge on any atom is -0.466 e. The molecule has 5 heteroatoms. The van der Waals surface area contributed by atoms with Crippen molar-refractivity contribution in [1.29, 1.82) is 0 Å². The first-order chi connectivity index (χ1) is 9.43. The highest BCUT2D eigenvalue weighted by atomic mass is 16.5. The molecule has 5 nitrogen and oxygen atoms in total. The number of hydrogen-bond donors (Lipinski definition) is 0. The summed E-state index contributed by atoms with van der Waals surface area (Å²) < 4.78 is 15.7. The molecule has 0 atom stereocenters. The van der Waals surface area contributed by atoms with Crippen LogP contribution >= 0.6 is 0 Å². The van der Waals surface area contributed by atoms with Crippen molar-refractivity contribution in [2.45, 2.75) is 51.9 Å². The average Bonchev–Trinajstić information content (AvgIpc) is 2.85. The van der Waals surface area contributed by atoms with E-state index < -0.39 is 0 Å². The number of hydrogen-bond acceptors (Lipinski definition) is 5. The summed E-state index contributed by atoms with van der Waals surface area (Å²) in [6.45, 7) is 7.33. The van der Waals surface area contributed by atoms with Gasteiger partial charge in [0.2, 0.25) is 0 Å². The Morgan fingerprint density at radius 2 is 2.00 bits per heavy atom. The summed E-state index contributed by atoms with van der Waals surface area (Å²) in [4.78, 5) is 15.7. The molecule has 0 radical (unpaired) electrons. The van der Waals surface area contributed by atoms with E-state index in [1.165, 1.54) is 0 Å². The molecule has 0 N–H and O–H groups in total. The van der Waals surface area contributed by atoms with Gasteiger partial charge < -0.3 is 13.9 Å². The third kappa shape index (κ3) is 6.19. The van der Waals surface area contributed by atoms with E-state index in [0.29, 0.717) is 31.9 Å². The fourth-order valence-electron chi connectivity index (χ4n) is 1.59. The molecule has 1 heterocycles. The van der Waals surface area contributed by atoms with Gasteiger partial charge in [0.15, 0.2) is 5.89 Å². The number of carbonyl (C=O) groups is 1. The highest BCUT2D eigenvalue weighted by Gasteiger charge is 2.19. The highest BCUT2D eigenvalue weighted by molar-refractivity contribution is 5.69. The Balaban J connectivity index is 2.22. The first kappa shape index (κ1) is 16.7. The van der Waals surface area contributed by atoms with Crippen LogP contribution in [0, 0.1) is 0 Å². The number of ether oxygens (including phenoxy) is 2. The molecule has 1 rings (SSSR count). The van der Waals surface area contributed by atoms with E-state index in [9.17, 15) is 4.79 Å². The molecule has 0 aliphatic carbocycles. The lowest BCUT2D eigenvalue weighted by Crippen LogP contribution is -2.09. The third-order valence-corrected chi connectivity index (χ3v) is 2.84. The van der Waals surface area contributed by atoms with Gasteiger partial charge in [-0.15, -0.1) is 0 Å². The van der Waals surface area contributed by atoms with Crippen LogP contribution in [0.2, 0.25) is 0 Å². The van der Waals surface area contributed by atoms with Crippen LogP contribution in [0.5, 0.6) is 0 Å². The van der Waals surface area contributed by atoms with Crippen LogP contribution in [0.4, 0.5) is 0 Å². The van der Waals surface area contributed by atoms with Crippen LogP contribution < -0.4 is 0 Å². The molecular formula is C15H25NO4. The summed E-state index contributed by atoms with van der Waals surface area (Å²) in [6.07, 6.45) is 4.23. The summed E-state index contributed by atoms with van der Waals surface area (Å²) in [5, 5.41) is 0. The molecule has 0 aliphatic rings. The predicted molar refractivity (Wildman–Crippen MR) is 75.6 cm³/mol. The number of carbonyl (C=O) groups excluding carboxylic acids is 1. The Labute approximate surface area is 120 Å². The molecule has 0 unspecified atom stereocenters. The third-order valence-electron chi connectivity index (χ3n) is 2.84. The van der Waals surface area contributed by atoms with Gasteiger partial charge >= 0.3 is 5.97 Å². The van der Waals surface area contributed by atoms with Crippen LogP contribution in [0.3, 0.4) is 0 Å². The molecule has 1 aromatic heterocycles. The molecule has 114 valence electrons. The van der Waals surface area contributed by atoms with Crippen LogP contribution in [0.15, 0.2) is 10.6 Å². The fraction of sp³-hybridized carbons (Fsp3) is 0.733. The Morgan fingerprint density at radius 1 is 1.30 bits per heavy atom. The maximum absolute atomic E-state index is 11.5. The maximum atomic E-state index is 11.5. The van der Waals surface area contributed by atoms with Gasteiger partial charge in [-0.05, 0) is 12.8 Å². The van der Waals surface area contributed by atoms with E-state index in [1.54, 1.807) is 13.3 Å². The van der Waals surface area contributed by atoms with Crippen molar-refractivity contribution in [2.75, 3.05) is 20.3 Å². The molecule has 0 spiro atoms. The lowest BCUT2D eigenvalue weighted by Gasteiger charge is -2.13. The zero-order valence-electron chi connectivity index (χ0n) is 12.9. The summed E-state index contributed by atoms with van der Waals surface area (Å²) in [6, 6.07) is 0. The van der Waals surface area contributed by atoms with E-state index in [0.717, 1.165) is 18.6 Å². The zero-order chi connectivity index (χ0) is 15.0. The average molecular weight is 283 g/mol. The van der Waals surface area contributed by atoms with Crippen LogP contribution in [0.25, 0.3) is 0 Å². The molecule has 0 saturated heterocycles. The van der Waals surface area contributed by atoms with E-state index in [1.807, 2.05) is 0 Å². The molecule has 0 saturated carbocycles. The van der Waals surface area contributed by atoms with Gasteiger partial charge in [0.1, 0.15) is 5.76 Å². The number of oxazole rings is 1. The van der Waals surface area contributed by atoms with E-state index in [4.69, 9.17) is 13.9 Å². The maximum Gasteiger partial charge on any atom is 0.306 e. The van der Waals surface area contributed by atoms with E-state index in [2.05, 4.69) is 25.8 Å². The van der Waals surface area contributed by atoms with Gasteiger partial charge in [-0.2, -0.15) is 0 Å². The SMILES string of the molecule is COCCCCOC(=O)CCc1ncc(C(C)(C)C)o1. The molecule has 0 aromatic carbocycles. The fourth-order valence-corrected chi connectivity index (χ4v) is 1.59. The van der Waals surface area contributed by atoms with Crippen molar-refractivity contribution in [1.82, 2.24) is 4.98 Å². The monoisotopic (exact) mass is 283 g/mol. The van der Waals surface area contributed by atoms with Crippen LogP contribution in [-0.4, -0.2) is 31.3 Å². The first-order valence-corrected chi connectivity index (χ1v) is 7.03. The Bertz CT molecular complexity index is 406. The lowest BCUT2D eigenvalue weighted by atomic mass is 9.94. The van der Waals surface area contributed by atoms with E-state index in [-0.39, 0.29) is 11.4 Å². The Kier molecular flexibility index (Phi) is 6.71. The molecule has 0 fully saturated rings. The van der Waals surface area contributed by atoms with Crippen LogP contribution in [-0.2, 0) is 26.1 Å². The van der Waals surface area contributed by atoms with Crippen molar-refractivity contribution in [3.05, 3.63) is 17.8 Å². The molecule has 0 bridgehead atoms. The smallest absolute Gasteiger partial charge is 0.306 e. The zero-order valence-corrected chi connectivity index (χ0v) is 12.9. The number of unbranched alkanes of at least 4 members (excludes halogenated alkanes) is 1. The second-order valence-electron chi connectivity index (χ2n) is 5.79. The van der Waals surface area contributed by atoms with Crippen LogP contribution in [0.1, 0.15) is 51.7 Å².